The molecule has 11 aromatic rings. The summed E-state index contributed by atoms with van der Waals surface area (Å²) in [6, 6.07) is 52.7. The van der Waals surface area contributed by atoms with Gasteiger partial charge in [-0.05, 0) is 127 Å². The number of nitrogens with zero attached hydrogens (tertiary/aromatic N) is 4. The van der Waals surface area contributed by atoms with Crippen molar-refractivity contribution in [2.75, 3.05) is 0 Å². The molecular formula is C62H60N4. The van der Waals surface area contributed by atoms with Gasteiger partial charge < -0.3 is 9.13 Å². The Morgan fingerprint density at radius 1 is 0.333 bits per heavy atom. The number of hydrogen-bond donors (Lipinski definition) is 0. The first-order valence-corrected chi connectivity index (χ1v) is 23.6. The Kier molecular flexibility index (Phi) is 9.11. The monoisotopic (exact) mass is 860 g/mol. The number of aromatic nitrogens is 4. The Labute approximate surface area is 388 Å². The van der Waals surface area contributed by atoms with Crippen molar-refractivity contribution in [2.45, 2.75) is 105 Å². The third kappa shape index (κ3) is 6.71. The highest BCUT2D eigenvalue weighted by atomic mass is 15.0. The standard InChI is InChI=1S/C62H60N4/c1-59(2,3)38-18-26-53-48(30-38)49-31-39(60(4,5)6)19-27-54(49)65(53)42-22-24-44-46(34-42)47-35-43(23-25-45(47)58-57(44)63-36-52(64-58)37-16-14-13-15-17-37)66-55-28-20-40(61(7,8)9)32-50(55)51-33-41(62(10,11)12)21-29-56(51)66/h13-36H,1-12H3. The molecule has 3 heterocycles. The summed E-state index contributed by atoms with van der Waals surface area (Å²) in [5.74, 6) is 0. The average molecular weight is 861 g/mol. The fourth-order valence-corrected chi connectivity index (χ4v) is 10.2. The van der Waals surface area contributed by atoms with Crippen LogP contribution >= 0.6 is 0 Å². The first-order chi connectivity index (χ1) is 31.2. The molecule has 0 atom stereocenters. The van der Waals surface area contributed by atoms with Crippen molar-refractivity contribution >= 4 is 76.2 Å². The number of fused-ring (bicyclic) bond motifs is 12. The van der Waals surface area contributed by atoms with Crippen LogP contribution in [0.2, 0.25) is 0 Å². The molecule has 0 amide bonds. The normalized spacial score (nSPS) is 13.2. The van der Waals surface area contributed by atoms with Gasteiger partial charge in [-0.2, -0.15) is 0 Å². The van der Waals surface area contributed by atoms with Crippen LogP contribution in [0.15, 0.2) is 146 Å². The fraction of sp³-hybridized carbons (Fsp3) is 0.258. The summed E-state index contributed by atoms with van der Waals surface area (Å²) < 4.78 is 4.95. The van der Waals surface area contributed by atoms with E-state index in [1.807, 2.05) is 12.3 Å². The van der Waals surface area contributed by atoms with Crippen LogP contribution < -0.4 is 0 Å². The predicted octanol–water partition coefficient (Wildman–Crippen LogP) is 17.0. The molecule has 4 heteroatoms. The summed E-state index contributed by atoms with van der Waals surface area (Å²) in [4.78, 5) is 10.6. The topological polar surface area (TPSA) is 35.6 Å². The van der Waals surface area contributed by atoms with Gasteiger partial charge in [0.25, 0.3) is 0 Å². The zero-order valence-corrected chi connectivity index (χ0v) is 40.6. The second-order valence-electron chi connectivity index (χ2n) is 22.9. The van der Waals surface area contributed by atoms with Crippen LogP contribution in [0.4, 0.5) is 0 Å². The SMILES string of the molecule is CC(C)(C)c1ccc2c(c1)c1cc(C(C)(C)C)ccc1n2-c1ccc2c(c1)c1cc(-n3c4ccc(C(C)(C)C)cc4c4cc(C(C)(C)C)ccc43)ccc1c1nc(-c3ccccc3)cnc21. The maximum atomic E-state index is 5.42. The van der Waals surface area contributed by atoms with Crippen LogP contribution in [-0.4, -0.2) is 19.1 Å². The minimum atomic E-state index is 0.0185. The second kappa shape index (κ2) is 14.4. The van der Waals surface area contributed by atoms with Gasteiger partial charge in [0, 0.05) is 49.3 Å². The first kappa shape index (κ1) is 41.9. The first-order valence-electron chi connectivity index (χ1n) is 23.6. The van der Waals surface area contributed by atoms with E-state index in [0.717, 1.165) is 55.2 Å². The Bertz CT molecular complexity index is 3630. The molecule has 0 aliphatic rings. The number of rotatable bonds is 3. The highest BCUT2D eigenvalue weighted by Gasteiger charge is 2.24. The lowest BCUT2D eigenvalue weighted by molar-refractivity contribution is 0.590. The lowest BCUT2D eigenvalue weighted by atomic mass is 9.85. The van der Waals surface area contributed by atoms with Crippen molar-refractivity contribution < 1.29 is 0 Å². The highest BCUT2D eigenvalue weighted by Crippen LogP contribution is 2.43. The van der Waals surface area contributed by atoms with Gasteiger partial charge in [0.15, 0.2) is 0 Å². The Balaban J connectivity index is 1.23. The van der Waals surface area contributed by atoms with E-state index in [0.29, 0.717) is 0 Å². The van der Waals surface area contributed by atoms with Gasteiger partial charge in [-0.15, -0.1) is 0 Å². The molecule has 3 aromatic heterocycles. The van der Waals surface area contributed by atoms with Gasteiger partial charge in [0.1, 0.15) is 0 Å². The second-order valence-corrected chi connectivity index (χ2v) is 22.9. The summed E-state index contributed by atoms with van der Waals surface area (Å²) in [7, 11) is 0. The third-order valence-corrected chi connectivity index (χ3v) is 14.2. The van der Waals surface area contributed by atoms with Crippen molar-refractivity contribution in [3.05, 3.63) is 168 Å². The van der Waals surface area contributed by atoms with Crippen molar-refractivity contribution in [3.63, 3.8) is 0 Å². The van der Waals surface area contributed by atoms with E-state index in [2.05, 4.69) is 226 Å². The van der Waals surface area contributed by atoms with Crippen molar-refractivity contribution in [1.29, 1.82) is 0 Å². The van der Waals surface area contributed by atoms with E-state index in [1.165, 1.54) is 65.9 Å². The Morgan fingerprint density at radius 3 is 1.06 bits per heavy atom. The van der Waals surface area contributed by atoms with Crippen LogP contribution in [0.3, 0.4) is 0 Å². The van der Waals surface area contributed by atoms with Gasteiger partial charge >= 0.3 is 0 Å². The van der Waals surface area contributed by atoms with Crippen LogP contribution in [0, 0.1) is 0 Å². The van der Waals surface area contributed by atoms with Gasteiger partial charge in [0.2, 0.25) is 0 Å². The van der Waals surface area contributed by atoms with Crippen LogP contribution in [0.5, 0.6) is 0 Å². The summed E-state index contributed by atoms with van der Waals surface area (Å²) in [5, 5.41) is 9.59. The van der Waals surface area contributed by atoms with E-state index in [4.69, 9.17) is 9.97 Å². The zero-order valence-electron chi connectivity index (χ0n) is 40.6. The molecule has 11 rings (SSSR count). The molecule has 0 spiro atoms. The van der Waals surface area contributed by atoms with E-state index in [-0.39, 0.29) is 21.7 Å². The molecule has 0 aliphatic heterocycles. The molecule has 0 saturated heterocycles. The van der Waals surface area contributed by atoms with Crippen molar-refractivity contribution in [1.82, 2.24) is 19.1 Å². The molecule has 0 fully saturated rings. The van der Waals surface area contributed by atoms with Gasteiger partial charge in [0.05, 0.1) is 45.0 Å². The minimum absolute atomic E-state index is 0.0185. The van der Waals surface area contributed by atoms with Gasteiger partial charge in [-0.1, -0.05) is 150 Å². The molecule has 0 N–H and O–H groups in total. The molecule has 0 aliphatic carbocycles. The predicted molar refractivity (Wildman–Crippen MR) is 283 cm³/mol. The largest absolute Gasteiger partial charge is 0.309 e. The minimum Gasteiger partial charge on any atom is -0.309 e. The molecule has 0 radical (unpaired) electrons. The smallest absolute Gasteiger partial charge is 0.0979 e. The van der Waals surface area contributed by atoms with Crippen LogP contribution in [0.1, 0.15) is 105 Å². The molecule has 0 unspecified atom stereocenters. The highest BCUT2D eigenvalue weighted by molar-refractivity contribution is 6.24. The van der Waals surface area contributed by atoms with E-state index in [1.54, 1.807) is 0 Å². The third-order valence-electron chi connectivity index (χ3n) is 14.2. The van der Waals surface area contributed by atoms with Crippen molar-refractivity contribution in [3.8, 4) is 22.6 Å². The quantitative estimate of drug-likeness (QED) is 0.166. The molecule has 8 aromatic carbocycles. The van der Waals surface area contributed by atoms with Crippen molar-refractivity contribution in [2.24, 2.45) is 0 Å². The zero-order chi connectivity index (χ0) is 46.2. The fourth-order valence-electron chi connectivity index (χ4n) is 10.2. The summed E-state index contributed by atoms with van der Waals surface area (Å²) >= 11 is 0. The molecule has 0 bridgehead atoms. The van der Waals surface area contributed by atoms with Crippen LogP contribution in [-0.2, 0) is 21.7 Å². The van der Waals surface area contributed by atoms with Crippen LogP contribution in [0.25, 0.3) is 98.8 Å². The summed E-state index contributed by atoms with van der Waals surface area (Å²) in [5.41, 5.74) is 16.2. The molecule has 4 nitrogen and oxygen atoms in total. The van der Waals surface area contributed by atoms with E-state index >= 15 is 0 Å². The summed E-state index contributed by atoms with van der Waals surface area (Å²) in [6.45, 7) is 27.6. The number of hydrogen-bond acceptors (Lipinski definition) is 2. The average Bonchev–Trinajstić information content (AvgIpc) is 3.79. The maximum Gasteiger partial charge on any atom is 0.0979 e. The van der Waals surface area contributed by atoms with Gasteiger partial charge in [-0.25, -0.2) is 4.98 Å². The lowest BCUT2D eigenvalue weighted by Gasteiger charge is -2.19. The molecule has 66 heavy (non-hydrogen) atoms. The molecular weight excluding hydrogens is 801 g/mol. The molecule has 328 valence electrons. The number of benzene rings is 8. The Hall–Kier alpha value is -6.78. The van der Waals surface area contributed by atoms with Gasteiger partial charge in [-0.3, -0.25) is 4.98 Å². The summed E-state index contributed by atoms with van der Waals surface area (Å²) in [6.07, 6.45) is 1.94. The Morgan fingerprint density at radius 2 is 0.697 bits per heavy atom. The lowest BCUT2D eigenvalue weighted by Crippen LogP contribution is -2.10. The molecule has 0 saturated carbocycles. The maximum absolute atomic E-state index is 5.42. The van der Waals surface area contributed by atoms with E-state index in [9.17, 15) is 0 Å². The van der Waals surface area contributed by atoms with E-state index < -0.39 is 0 Å².